The number of aromatic nitrogens is 1. The molecule has 1 aliphatic heterocycles. The van der Waals surface area contributed by atoms with Gasteiger partial charge in [0.05, 0.1) is 5.69 Å². The quantitative estimate of drug-likeness (QED) is 0.811. The van der Waals surface area contributed by atoms with Crippen LogP contribution in [0.5, 0.6) is 0 Å². The largest absolute Gasteiger partial charge is 0.388 e. The van der Waals surface area contributed by atoms with Gasteiger partial charge < -0.3 is 15.5 Å². The number of anilines is 1. The normalized spacial score (nSPS) is 15.8. The van der Waals surface area contributed by atoms with Crippen molar-refractivity contribution < 1.29 is 0 Å². The van der Waals surface area contributed by atoms with Crippen LogP contribution in [-0.4, -0.2) is 48.1 Å². The molecule has 5 heteroatoms. The number of rotatable bonds is 5. The summed E-state index contributed by atoms with van der Waals surface area (Å²) in [5, 5.41) is 0. The van der Waals surface area contributed by atoms with Gasteiger partial charge in [-0.25, -0.2) is 4.98 Å². The molecule has 1 aromatic rings. The molecule has 18 heavy (non-hydrogen) atoms. The van der Waals surface area contributed by atoms with Crippen LogP contribution in [0.3, 0.4) is 0 Å². The molecule has 98 valence electrons. The van der Waals surface area contributed by atoms with E-state index in [4.69, 9.17) is 18.0 Å². The molecule has 0 saturated carbocycles. The Labute approximate surface area is 114 Å². The molecule has 4 nitrogen and oxygen atoms in total. The van der Waals surface area contributed by atoms with Crippen molar-refractivity contribution >= 4 is 23.0 Å². The summed E-state index contributed by atoms with van der Waals surface area (Å²) >= 11 is 4.95. The van der Waals surface area contributed by atoms with Gasteiger partial charge in [-0.15, -0.1) is 0 Å². The molecule has 2 heterocycles. The highest BCUT2D eigenvalue weighted by molar-refractivity contribution is 7.80. The van der Waals surface area contributed by atoms with Crippen molar-refractivity contribution in [2.75, 3.05) is 38.1 Å². The van der Waals surface area contributed by atoms with E-state index >= 15 is 0 Å². The Morgan fingerprint density at radius 2 is 2.17 bits per heavy atom. The van der Waals surface area contributed by atoms with Gasteiger partial charge in [-0.3, -0.25) is 0 Å². The molecule has 1 fully saturated rings. The summed E-state index contributed by atoms with van der Waals surface area (Å²) in [4.78, 5) is 9.46. The molecule has 1 aliphatic rings. The summed E-state index contributed by atoms with van der Waals surface area (Å²) in [6, 6.07) is 5.79. The van der Waals surface area contributed by atoms with E-state index in [0.29, 0.717) is 10.7 Å². The third-order valence-corrected chi connectivity index (χ3v) is 3.54. The monoisotopic (exact) mass is 264 g/mol. The van der Waals surface area contributed by atoms with Crippen LogP contribution >= 0.6 is 12.2 Å². The lowest BCUT2D eigenvalue weighted by Gasteiger charge is -2.22. The standard InChI is InChI=1S/C13H20N4S/c1-16(9-10-17-7-2-3-8-17)12-6-4-5-11(15-12)13(14)18/h4-6H,2-3,7-10H2,1H3,(H2,14,18). The fourth-order valence-corrected chi connectivity index (χ4v) is 2.30. The van der Waals surface area contributed by atoms with Crippen molar-refractivity contribution in [1.29, 1.82) is 0 Å². The van der Waals surface area contributed by atoms with Gasteiger partial charge in [0.2, 0.25) is 0 Å². The van der Waals surface area contributed by atoms with Crippen LogP contribution in [-0.2, 0) is 0 Å². The smallest absolute Gasteiger partial charge is 0.129 e. The molecule has 0 bridgehead atoms. The molecule has 0 atom stereocenters. The predicted molar refractivity (Wildman–Crippen MR) is 79.1 cm³/mol. The zero-order valence-electron chi connectivity index (χ0n) is 10.8. The molecule has 0 radical (unpaired) electrons. The van der Waals surface area contributed by atoms with Crippen molar-refractivity contribution in [3.05, 3.63) is 23.9 Å². The number of hydrogen-bond donors (Lipinski definition) is 1. The topological polar surface area (TPSA) is 45.4 Å². The van der Waals surface area contributed by atoms with Crippen LogP contribution in [0.2, 0.25) is 0 Å². The van der Waals surface area contributed by atoms with Crippen molar-refractivity contribution in [3.8, 4) is 0 Å². The first-order valence-corrected chi connectivity index (χ1v) is 6.78. The van der Waals surface area contributed by atoms with Crippen LogP contribution in [0.15, 0.2) is 18.2 Å². The Bertz CT molecular complexity index is 415. The minimum Gasteiger partial charge on any atom is -0.388 e. The Morgan fingerprint density at radius 1 is 1.44 bits per heavy atom. The van der Waals surface area contributed by atoms with Gasteiger partial charge in [-0.05, 0) is 38.1 Å². The molecular weight excluding hydrogens is 244 g/mol. The van der Waals surface area contributed by atoms with Gasteiger partial charge in [0.1, 0.15) is 10.8 Å². The van der Waals surface area contributed by atoms with Gasteiger partial charge >= 0.3 is 0 Å². The molecule has 1 aromatic heterocycles. The van der Waals surface area contributed by atoms with Crippen LogP contribution < -0.4 is 10.6 Å². The summed E-state index contributed by atoms with van der Waals surface area (Å²) in [7, 11) is 2.06. The molecule has 2 N–H and O–H groups in total. The Hall–Kier alpha value is -1.20. The highest BCUT2D eigenvalue weighted by Gasteiger charge is 2.12. The molecule has 0 aliphatic carbocycles. The van der Waals surface area contributed by atoms with Crippen molar-refractivity contribution in [1.82, 2.24) is 9.88 Å². The fraction of sp³-hybridized carbons (Fsp3) is 0.538. The third-order valence-electron chi connectivity index (χ3n) is 3.33. The van der Waals surface area contributed by atoms with Crippen molar-refractivity contribution in [2.45, 2.75) is 12.8 Å². The summed E-state index contributed by atoms with van der Waals surface area (Å²) < 4.78 is 0. The van der Waals surface area contributed by atoms with Crippen LogP contribution in [0.25, 0.3) is 0 Å². The predicted octanol–water partition coefficient (Wildman–Crippen LogP) is 1.25. The highest BCUT2D eigenvalue weighted by atomic mass is 32.1. The summed E-state index contributed by atoms with van der Waals surface area (Å²) in [6.45, 7) is 4.53. The van der Waals surface area contributed by atoms with E-state index in [1.807, 2.05) is 18.2 Å². The van der Waals surface area contributed by atoms with E-state index in [1.165, 1.54) is 25.9 Å². The zero-order valence-corrected chi connectivity index (χ0v) is 11.6. The Balaban J connectivity index is 1.93. The van der Waals surface area contributed by atoms with E-state index in [-0.39, 0.29) is 0 Å². The van der Waals surface area contributed by atoms with Crippen LogP contribution in [0.1, 0.15) is 18.5 Å². The second-order valence-electron chi connectivity index (χ2n) is 4.72. The Morgan fingerprint density at radius 3 is 2.83 bits per heavy atom. The van der Waals surface area contributed by atoms with Gasteiger partial charge in [0.25, 0.3) is 0 Å². The average Bonchev–Trinajstić information content (AvgIpc) is 2.89. The number of thiocarbonyl (C=S) groups is 1. The van der Waals surface area contributed by atoms with E-state index in [2.05, 4.69) is 21.8 Å². The zero-order chi connectivity index (χ0) is 13.0. The molecule has 0 unspecified atom stereocenters. The molecule has 0 aromatic carbocycles. The van der Waals surface area contributed by atoms with E-state index in [1.54, 1.807) is 0 Å². The van der Waals surface area contributed by atoms with Gasteiger partial charge in [0, 0.05) is 20.1 Å². The van der Waals surface area contributed by atoms with E-state index < -0.39 is 0 Å². The highest BCUT2D eigenvalue weighted by Crippen LogP contribution is 2.11. The second kappa shape index (κ2) is 6.11. The Kier molecular flexibility index (Phi) is 4.49. The molecule has 0 amide bonds. The number of likely N-dealkylation sites (N-methyl/N-ethyl adjacent to an activating group) is 1. The van der Waals surface area contributed by atoms with Gasteiger partial charge in [-0.1, -0.05) is 18.3 Å². The van der Waals surface area contributed by atoms with Crippen molar-refractivity contribution in [3.63, 3.8) is 0 Å². The lowest BCUT2D eigenvalue weighted by atomic mass is 10.3. The molecule has 0 spiro atoms. The first-order chi connectivity index (χ1) is 8.66. The van der Waals surface area contributed by atoms with Crippen molar-refractivity contribution in [2.24, 2.45) is 5.73 Å². The van der Waals surface area contributed by atoms with Gasteiger partial charge in [0.15, 0.2) is 0 Å². The molecular formula is C13H20N4S. The number of nitrogens with zero attached hydrogens (tertiary/aromatic N) is 3. The minimum absolute atomic E-state index is 0.352. The van der Waals surface area contributed by atoms with E-state index in [9.17, 15) is 0 Å². The molecule has 2 rings (SSSR count). The summed E-state index contributed by atoms with van der Waals surface area (Å²) in [6.07, 6.45) is 2.66. The SMILES string of the molecule is CN(CCN1CCCC1)c1cccc(C(N)=S)n1. The van der Waals surface area contributed by atoms with E-state index in [0.717, 1.165) is 18.9 Å². The number of pyridine rings is 1. The maximum absolute atomic E-state index is 5.60. The fourth-order valence-electron chi connectivity index (χ4n) is 2.19. The van der Waals surface area contributed by atoms with Gasteiger partial charge in [-0.2, -0.15) is 0 Å². The number of hydrogen-bond acceptors (Lipinski definition) is 4. The minimum atomic E-state index is 0.352. The first kappa shape index (κ1) is 13.2. The first-order valence-electron chi connectivity index (χ1n) is 6.37. The average molecular weight is 264 g/mol. The maximum atomic E-state index is 5.60. The van der Waals surface area contributed by atoms with Crippen LogP contribution in [0, 0.1) is 0 Å². The maximum Gasteiger partial charge on any atom is 0.129 e. The lowest BCUT2D eigenvalue weighted by Crippen LogP contribution is -2.32. The summed E-state index contributed by atoms with van der Waals surface area (Å²) in [5.74, 6) is 0.930. The number of likely N-dealkylation sites (tertiary alicyclic amines) is 1. The second-order valence-corrected chi connectivity index (χ2v) is 5.16. The number of nitrogens with two attached hydrogens (primary N) is 1. The summed E-state index contributed by atoms with van der Waals surface area (Å²) in [5.41, 5.74) is 6.29. The lowest BCUT2D eigenvalue weighted by molar-refractivity contribution is 0.346. The third kappa shape index (κ3) is 3.40. The molecule has 1 saturated heterocycles. The van der Waals surface area contributed by atoms with Crippen LogP contribution in [0.4, 0.5) is 5.82 Å².